The lowest BCUT2D eigenvalue weighted by Gasteiger charge is -2.50. The number of aliphatic hydroxyl groups is 12. The number of aliphatic carboxylic acids is 1. The zero-order valence-electron chi connectivity index (χ0n) is 39.3. The van der Waals surface area contributed by atoms with Crippen LogP contribution in [0.3, 0.4) is 0 Å². The second-order valence-corrected chi connectivity index (χ2v) is 18.8. The first-order chi connectivity index (χ1) is 32.2. The zero-order chi connectivity index (χ0) is 50.1. The minimum atomic E-state index is -1.95. The average Bonchev–Trinajstić information content (AvgIpc) is 3.30. The lowest BCUT2D eigenvalue weighted by atomic mass is 9.95. The van der Waals surface area contributed by atoms with Crippen molar-refractivity contribution in [1.29, 1.82) is 0 Å². The molecule has 68 heavy (non-hydrogen) atoms. The SMILES string of the molecule is CCC[C@@H](CCCCCCCCCC(=O)O)O[C@@H]1O[C@H](C)[C@@H](O)[C@H](O)[C@H]1O[C@@H]1O[C@@H](C)[C@H](O[C@@H]2O[C@@H](C)[C@H](O[C@@H]3O[C@@H](C)[C@H](O)[C@@H](O)[C@H]3O)[C@@H](O[C@@H]3O[C@H](CO)[C@@H](O)[C@H](O)[C@H]3O)[C@H]2O)[C@@H](O)[C@H]1O. The highest BCUT2D eigenvalue weighted by Crippen LogP contribution is 2.37. The fraction of sp³-hybridized carbons (Fsp3) is 0.977. The van der Waals surface area contributed by atoms with E-state index < -0.39 is 166 Å². The number of hydrogen-bond acceptors (Lipinski definition) is 23. The van der Waals surface area contributed by atoms with Gasteiger partial charge in [-0.3, -0.25) is 4.79 Å². The summed E-state index contributed by atoms with van der Waals surface area (Å²) in [6.45, 7) is 7.04. The summed E-state index contributed by atoms with van der Waals surface area (Å²) in [5.41, 5.74) is 0. The molecule has 0 aromatic heterocycles. The summed E-state index contributed by atoms with van der Waals surface area (Å²) in [4.78, 5) is 10.8. The highest BCUT2D eigenvalue weighted by Gasteiger charge is 2.56. The van der Waals surface area contributed by atoms with Crippen molar-refractivity contribution >= 4 is 5.97 Å². The molecule has 5 aliphatic rings. The summed E-state index contributed by atoms with van der Waals surface area (Å²) in [6, 6.07) is 0. The van der Waals surface area contributed by atoms with E-state index in [9.17, 15) is 66.1 Å². The van der Waals surface area contributed by atoms with E-state index in [2.05, 4.69) is 0 Å². The molecule has 5 rings (SSSR count). The first-order valence-electron chi connectivity index (χ1n) is 24.1. The summed E-state index contributed by atoms with van der Waals surface area (Å²) in [5.74, 6) is -0.796. The Morgan fingerprint density at radius 3 is 1.46 bits per heavy atom. The van der Waals surface area contributed by atoms with Gasteiger partial charge in [0.2, 0.25) is 0 Å². The molecule has 0 amide bonds. The van der Waals surface area contributed by atoms with E-state index in [-0.39, 0.29) is 12.5 Å². The van der Waals surface area contributed by atoms with E-state index in [0.717, 1.165) is 44.9 Å². The molecule has 13 N–H and O–H groups in total. The first kappa shape index (κ1) is 57.5. The van der Waals surface area contributed by atoms with Gasteiger partial charge in [0.05, 0.1) is 37.1 Å². The van der Waals surface area contributed by atoms with Crippen LogP contribution in [0, 0.1) is 0 Å². The van der Waals surface area contributed by atoms with E-state index in [1.54, 1.807) is 6.92 Å². The van der Waals surface area contributed by atoms with Crippen LogP contribution in [0.4, 0.5) is 0 Å². The van der Waals surface area contributed by atoms with Gasteiger partial charge in [-0.2, -0.15) is 0 Å². The molecule has 0 saturated carbocycles. The van der Waals surface area contributed by atoms with Gasteiger partial charge in [0, 0.05) is 6.42 Å². The van der Waals surface area contributed by atoms with E-state index in [0.29, 0.717) is 19.3 Å². The maximum Gasteiger partial charge on any atom is 0.303 e. The minimum absolute atomic E-state index is 0.165. The van der Waals surface area contributed by atoms with Gasteiger partial charge in [0.25, 0.3) is 0 Å². The van der Waals surface area contributed by atoms with E-state index >= 15 is 0 Å². The third-order valence-corrected chi connectivity index (χ3v) is 13.5. The van der Waals surface area contributed by atoms with Crippen molar-refractivity contribution in [2.75, 3.05) is 6.61 Å². The van der Waals surface area contributed by atoms with Crippen LogP contribution in [0.1, 0.15) is 105 Å². The van der Waals surface area contributed by atoms with Gasteiger partial charge >= 0.3 is 5.97 Å². The minimum Gasteiger partial charge on any atom is -0.481 e. The summed E-state index contributed by atoms with van der Waals surface area (Å²) in [7, 11) is 0. The molecule has 0 aromatic carbocycles. The summed E-state index contributed by atoms with van der Waals surface area (Å²) in [5, 5.41) is 139. The number of ether oxygens (including phenoxy) is 10. The monoisotopic (exact) mass is 990 g/mol. The van der Waals surface area contributed by atoms with Gasteiger partial charge in [-0.05, 0) is 47.0 Å². The fourth-order valence-corrected chi connectivity index (χ4v) is 9.26. The van der Waals surface area contributed by atoms with Crippen molar-refractivity contribution in [2.24, 2.45) is 0 Å². The molecule has 0 radical (unpaired) electrons. The molecule has 398 valence electrons. The molecule has 24 nitrogen and oxygen atoms in total. The Labute approximate surface area is 395 Å². The maximum absolute atomic E-state index is 11.9. The Morgan fingerprint density at radius 2 is 0.868 bits per heavy atom. The van der Waals surface area contributed by atoms with Crippen LogP contribution < -0.4 is 0 Å². The van der Waals surface area contributed by atoms with Gasteiger partial charge in [0.15, 0.2) is 31.5 Å². The van der Waals surface area contributed by atoms with Crippen molar-refractivity contribution in [1.82, 2.24) is 0 Å². The van der Waals surface area contributed by atoms with E-state index in [1.807, 2.05) is 6.92 Å². The largest absolute Gasteiger partial charge is 0.481 e. The van der Waals surface area contributed by atoms with Gasteiger partial charge < -0.3 is 114 Å². The van der Waals surface area contributed by atoms with Crippen molar-refractivity contribution in [2.45, 2.75) is 265 Å². The van der Waals surface area contributed by atoms with Crippen LogP contribution in [0.25, 0.3) is 0 Å². The average molecular weight is 991 g/mol. The molecule has 0 unspecified atom stereocenters. The second-order valence-electron chi connectivity index (χ2n) is 18.8. The Morgan fingerprint density at radius 1 is 0.441 bits per heavy atom. The van der Waals surface area contributed by atoms with Crippen LogP contribution in [-0.2, 0) is 52.2 Å². The van der Waals surface area contributed by atoms with Crippen LogP contribution in [0.5, 0.6) is 0 Å². The lowest BCUT2D eigenvalue weighted by Crippen LogP contribution is -2.67. The summed E-state index contributed by atoms with van der Waals surface area (Å²) < 4.78 is 59.7. The third kappa shape index (κ3) is 14.2. The number of carboxylic acid groups (broad SMARTS) is 1. The number of aliphatic hydroxyl groups excluding tert-OH is 12. The molecule has 5 aliphatic heterocycles. The van der Waals surface area contributed by atoms with Gasteiger partial charge in [-0.25, -0.2) is 0 Å². The van der Waals surface area contributed by atoms with Gasteiger partial charge in [-0.15, -0.1) is 0 Å². The van der Waals surface area contributed by atoms with E-state index in [4.69, 9.17) is 52.5 Å². The number of hydrogen-bond donors (Lipinski definition) is 13. The maximum atomic E-state index is 11.9. The molecule has 5 saturated heterocycles. The molecule has 5 fully saturated rings. The predicted molar refractivity (Wildman–Crippen MR) is 228 cm³/mol. The summed E-state index contributed by atoms with van der Waals surface area (Å²) >= 11 is 0. The quantitative estimate of drug-likeness (QED) is 0.0453. The molecule has 26 atom stereocenters. The zero-order valence-corrected chi connectivity index (χ0v) is 39.3. The Hall–Kier alpha value is -1.41. The lowest BCUT2D eigenvalue weighted by molar-refractivity contribution is -0.400. The van der Waals surface area contributed by atoms with Crippen molar-refractivity contribution in [3.05, 3.63) is 0 Å². The first-order valence-corrected chi connectivity index (χ1v) is 24.1. The van der Waals surface area contributed by atoms with Crippen LogP contribution in [-0.4, -0.2) is 239 Å². The molecule has 0 aromatic rings. The van der Waals surface area contributed by atoms with Crippen LogP contribution in [0.2, 0.25) is 0 Å². The molecular formula is C44H78O24. The predicted octanol–water partition coefficient (Wildman–Crippen LogP) is -3.03. The van der Waals surface area contributed by atoms with Crippen molar-refractivity contribution < 1.29 is 119 Å². The highest BCUT2D eigenvalue weighted by molar-refractivity contribution is 5.66. The fourth-order valence-electron chi connectivity index (χ4n) is 9.26. The third-order valence-electron chi connectivity index (χ3n) is 13.5. The van der Waals surface area contributed by atoms with Gasteiger partial charge in [-0.1, -0.05) is 51.9 Å². The molecule has 0 aliphatic carbocycles. The van der Waals surface area contributed by atoms with Crippen LogP contribution >= 0.6 is 0 Å². The Kier molecular flexibility index (Phi) is 22.4. The smallest absolute Gasteiger partial charge is 0.303 e. The molecule has 24 heteroatoms. The molecule has 0 spiro atoms. The number of unbranched alkanes of at least 4 members (excludes halogenated alkanes) is 6. The van der Waals surface area contributed by atoms with E-state index in [1.165, 1.54) is 20.8 Å². The topological polar surface area (TPSA) is 372 Å². The number of rotatable bonds is 23. The van der Waals surface area contributed by atoms with Crippen molar-refractivity contribution in [3.8, 4) is 0 Å². The Bertz CT molecular complexity index is 1480. The second kappa shape index (κ2) is 26.5. The number of carbonyl (C=O) groups is 1. The normalized spacial score (nSPS) is 46.3. The Balaban J connectivity index is 1.26. The molecule has 0 bridgehead atoms. The summed E-state index contributed by atoms with van der Waals surface area (Å²) in [6.07, 6.45) is -31.1. The van der Waals surface area contributed by atoms with Gasteiger partial charge in [0.1, 0.15) is 97.7 Å². The number of carboxylic acids is 1. The highest BCUT2D eigenvalue weighted by atomic mass is 16.8. The van der Waals surface area contributed by atoms with Crippen LogP contribution in [0.15, 0.2) is 0 Å². The van der Waals surface area contributed by atoms with Crippen molar-refractivity contribution in [3.63, 3.8) is 0 Å². The molecule has 5 heterocycles. The molecular weight excluding hydrogens is 912 g/mol. The standard InChI is InChI=1S/C44H78O24/c1-6-14-22(15-12-10-8-7-9-11-13-16-24(46)47)63-44-39(30(53)26(49)19(3)60-44)68-41-34(57)31(54)36(20(4)61-41)65-43-35(58)38(67-42-33(56)29(52)27(50)23(17-45)64-42)37(21(5)62-43)66-40-32(55)28(51)25(48)18(2)59-40/h18-23,25-45,48-58H,6-17H2,1-5H3,(H,46,47)/t18-,19+,20-,21-,22-,23+,25-,26+,27+,28+,29-,30-,31-,32+,33+,34+,35+,36-,37-,38-,39+,40-,41-,42-,43-,44-/m0/s1.